The molecule has 0 saturated heterocycles. The fourth-order valence-corrected chi connectivity index (χ4v) is 3.80. The molecule has 0 aliphatic rings. The molecule has 0 aliphatic heterocycles. The second-order valence-corrected chi connectivity index (χ2v) is 6.10. The van der Waals surface area contributed by atoms with Crippen LogP contribution in [0.1, 0.15) is 5.56 Å². The monoisotopic (exact) mass is 371 g/mol. The molecule has 0 aromatic carbocycles. The van der Waals surface area contributed by atoms with Crippen molar-refractivity contribution in [2.24, 2.45) is 0 Å². The highest BCUT2D eigenvalue weighted by molar-refractivity contribution is 14.1. The average molecular weight is 372 g/mol. The Morgan fingerprint density at radius 2 is 1.87 bits per heavy atom. The van der Waals surface area contributed by atoms with E-state index >= 15 is 0 Å². The van der Waals surface area contributed by atoms with Gasteiger partial charge in [-0.3, -0.25) is 4.98 Å². The summed E-state index contributed by atoms with van der Waals surface area (Å²) in [6, 6.07) is 0. The Balaban J connectivity index is 3.63. The van der Waals surface area contributed by atoms with E-state index in [9.17, 15) is 21.6 Å². The summed E-state index contributed by atoms with van der Waals surface area (Å²) in [6.45, 7) is 0. The van der Waals surface area contributed by atoms with E-state index in [4.69, 9.17) is 10.7 Å². The summed E-state index contributed by atoms with van der Waals surface area (Å²) in [6.07, 6.45) is -3.38. The topological polar surface area (TPSA) is 47.0 Å². The van der Waals surface area contributed by atoms with Gasteiger partial charge in [0.15, 0.2) is 0 Å². The first-order valence-corrected chi connectivity index (χ1v) is 6.68. The number of rotatable bonds is 1. The van der Waals surface area contributed by atoms with Crippen molar-refractivity contribution in [2.75, 3.05) is 0 Å². The number of hydrogen-bond acceptors (Lipinski definition) is 3. The van der Waals surface area contributed by atoms with Gasteiger partial charge >= 0.3 is 6.18 Å². The second-order valence-electron chi connectivity index (χ2n) is 2.43. The number of halogens is 5. The molecular weight excluding hydrogens is 369 g/mol. The van der Waals surface area contributed by atoms with E-state index in [-0.39, 0.29) is 3.57 Å². The Labute approximate surface area is 101 Å². The Bertz CT molecular complexity index is 488. The molecule has 1 heterocycles. The van der Waals surface area contributed by atoms with Crippen LogP contribution in [-0.2, 0) is 15.2 Å². The van der Waals surface area contributed by atoms with Crippen molar-refractivity contribution in [2.45, 2.75) is 11.1 Å². The van der Waals surface area contributed by atoms with Crippen LogP contribution in [0.25, 0.3) is 0 Å². The van der Waals surface area contributed by atoms with E-state index in [1.165, 1.54) is 22.6 Å². The van der Waals surface area contributed by atoms with Crippen molar-refractivity contribution in [3.8, 4) is 0 Å². The van der Waals surface area contributed by atoms with Crippen LogP contribution < -0.4 is 0 Å². The highest BCUT2D eigenvalue weighted by Crippen LogP contribution is 2.36. The number of aromatic nitrogens is 1. The predicted octanol–water partition coefficient (Wildman–Crippen LogP) is 2.63. The molecule has 0 bridgehead atoms. The van der Waals surface area contributed by atoms with Crippen LogP contribution in [0.2, 0.25) is 0 Å². The van der Waals surface area contributed by atoms with Crippen LogP contribution in [0.3, 0.4) is 0 Å². The molecule has 1 aromatic heterocycles. The molecule has 0 atom stereocenters. The Morgan fingerprint density at radius 3 is 2.20 bits per heavy atom. The fraction of sp³-hybridized carbons (Fsp3) is 0.167. The number of nitrogens with zero attached hydrogens (tertiary/aromatic N) is 1. The molecule has 84 valence electrons. The van der Waals surface area contributed by atoms with Crippen molar-refractivity contribution in [3.05, 3.63) is 21.5 Å². The highest BCUT2D eigenvalue weighted by Gasteiger charge is 2.38. The zero-order valence-electron chi connectivity index (χ0n) is 6.72. The number of alkyl halides is 3. The lowest BCUT2D eigenvalue weighted by molar-refractivity contribution is -0.140. The normalized spacial score (nSPS) is 12.9. The molecule has 0 fully saturated rings. The van der Waals surface area contributed by atoms with E-state index in [1.54, 1.807) is 0 Å². The second kappa shape index (κ2) is 4.06. The van der Waals surface area contributed by atoms with Crippen LogP contribution in [0.4, 0.5) is 13.2 Å². The maximum atomic E-state index is 12.4. The van der Waals surface area contributed by atoms with Gasteiger partial charge in [-0.2, -0.15) is 13.2 Å². The first-order valence-electron chi connectivity index (χ1n) is 3.29. The lowest BCUT2D eigenvalue weighted by Gasteiger charge is -2.10. The Morgan fingerprint density at radius 1 is 1.33 bits per heavy atom. The van der Waals surface area contributed by atoms with Crippen LogP contribution in [0.5, 0.6) is 0 Å². The fourth-order valence-electron chi connectivity index (χ4n) is 0.873. The first kappa shape index (κ1) is 13.0. The Kier molecular flexibility index (Phi) is 3.51. The van der Waals surface area contributed by atoms with Gasteiger partial charge < -0.3 is 0 Å². The molecule has 1 aromatic rings. The maximum Gasteiger partial charge on any atom is 0.419 e. The van der Waals surface area contributed by atoms with E-state index in [0.717, 1.165) is 6.20 Å². The SMILES string of the molecule is O=S(=O)(Cl)c1c(I)cncc1C(F)(F)F. The summed E-state index contributed by atoms with van der Waals surface area (Å²) < 4.78 is 58.9. The third-order valence-corrected chi connectivity index (χ3v) is 3.98. The molecule has 0 spiro atoms. The van der Waals surface area contributed by atoms with Gasteiger partial charge in [0.05, 0.1) is 9.13 Å². The highest BCUT2D eigenvalue weighted by atomic mass is 127. The van der Waals surface area contributed by atoms with Crippen LogP contribution in [0, 0.1) is 3.57 Å². The van der Waals surface area contributed by atoms with Crippen LogP contribution >= 0.6 is 33.3 Å². The van der Waals surface area contributed by atoms with Gasteiger partial charge in [-0.15, -0.1) is 0 Å². The Hall–Kier alpha value is -0.0900. The van der Waals surface area contributed by atoms with Gasteiger partial charge in [-0.1, -0.05) is 0 Å². The van der Waals surface area contributed by atoms with Crippen molar-refractivity contribution in [1.82, 2.24) is 4.98 Å². The van der Waals surface area contributed by atoms with Gasteiger partial charge in [0.2, 0.25) is 0 Å². The van der Waals surface area contributed by atoms with E-state index in [1.807, 2.05) is 0 Å². The smallest absolute Gasteiger partial charge is 0.263 e. The molecule has 15 heavy (non-hydrogen) atoms. The van der Waals surface area contributed by atoms with Gasteiger partial charge in [0.25, 0.3) is 9.05 Å². The molecule has 0 amide bonds. The van der Waals surface area contributed by atoms with Crippen molar-refractivity contribution in [1.29, 1.82) is 0 Å². The standard InChI is InChI=1S/C6H2ClF3INO2S/c7-15(13,14)5-3(6(8,9)10)1-12-2-4(5)11/h1-2H. The minimum absolute atomic E-state index is 0.169. The maximum absolute atomic E-state index is 12.4. The van der Waals surface area contributed by atoms with Gasteiger partial charge in [-0.05, 0) is 22.6 Å². The molecule has 0 unspecified atom stereocenters. The third kappa shape index (κ3) is 2.94. The van der Waals surface area contributed by atoms with E-state index in [0.29, 0.717) is 6.20 Å². The van der Waals surface area contributed by atoms with Gasteiger partial charge in [-0.25, -0.2) is 8.42 Å². The lowest BCUT2D eigenvalue weighted by atomic mass is 10.3. The average Bonchev–Trinajstić information content (AvgIpc) is 1.99. The predicted molar refractivity (Wildman–Crippen MR) is 55.0 cm³/mol. The molecule has 0 aliphatic carbocycles. The molecular formula is C6H2ClF3INO2S. The van der Waals surface area contributed by atoms with Gasteiger partial charge in [0, 0.05) is 23.1 Å². The molecule has 0 saturated carbocycles. The molecule has 0 radical (unpaired) electrons. The summed E-state index contributed by atoms with van der Waals surface area (Å²) in [5, 5.41) is 0. The first-order chi connectivity index (χ1) is 6.64. The molecule has 3 nitrogen and oxygen atoms in total. The zero-order chi connectivity index (χ0) is 11.9. The number of hydrogen-bond donors (Lipinski definition) is 0. The number of pyridine rings is 1. The largest absolute Gasteiger partial charge is 0.419 e. The van der Waals surface area contributed by atoms with Crippen LogP contribution in [0.15, 0.2) is 17.3 Å². The quantitative estimate of drug-likeness (QED) is 0.563. The van der Waals surface area contributed by atoms with Crippen molar-refractivity contribution >= 4 is 42.3 Å². The third-order valence-electron chi connectivity index (χ3n) is 1.40. The summed E-state index contributed by atoms with van der Waals surface area (Å²) in [7, 11) is 0.472. The van der Waals surface area contributed by atoms with Crippen LogP contribution in [-0.4, -0.2) is 13.4 Å². The molecule has 1 rings (SSSR count). The van der Waals surface area contributed by atoms with Crippen molar-refractivity contribution < 1.29 is 21.6 Å². The summed E-state index contributed by atoms with van der Waals surface area (Å²) in [5.41, 5.74) is -1.36. The van der Waals surface area contributed by atoms with E-state index in [2.05, 4.69) is 4.98 Å². The summed E-state index contributed by atoms with van der Waals surface area (Å²) in [4.78, 5) is 2.32. The van der Waals surface area contributed by atoms with Crippen molar-refractivity contribution in [3.63, 3.8) is 0 Å². The zero-order valence-corrected chi connectivity index (χ0v) is 10.4. The molecule has 9 heteroatoms. The molecule has 0 N–H and O–H groups in total. The summed E-state index contributed by atoms with van der Waals surface area (Å²) >= 11 is 1.43. The van der Waals surface area contributed by atoms with Gasteiger partial charge in [0.1, 0.15) is 4.90 Å². The van der Waals surface area contributed by atoms with E-state index < -0.39 is 25.7 Å². The minimum atomic E-state index is -4.80. The lowest BCUT2D eigenvalue weighted by Crippen LogP contribution is -2.12. The minimum Gasteiger partial charge on any atom is -0.263 e. The summed E-state index contributed by atoms with van der Waals surface area (Å²) in [5.74, 6) is 0.